The van der Waals surface area contributed by atoms with Crippen molar-refractivity contribution in [2.45, 2.75) is 34.6 Å². The molecule has 0 spiro atoms. The summed E-state index contributed by atoms with van der Waals surface area (Å²) in [5, 5.41) is 4.07. The molecule has 2 heterocycles. The second-order valence-electron chi connectivity index (χ2n) is 9.17. The van der Waals surface area contributed by atoms with E-state index in [9.17, 15) is 0 Å². The monoisotopic (exact) mass is 369 g/mol. The maximum atomic E-state index is 2.50. The number of aromatic nitrogens is 1. The summed E-state index contributed by atoms with van der Waals surface area (Å²) in [4.78, 5) is 2.50. The Morgan fingerprint density at radius 1 is 0.893 bits per heavy atom. The molecule has 2 nitrogen and oxygen atoms in total. The Labute approximate surface area is 168 Å². The molecule has 3 heteroatoms. The highest BCUT2D eigenvalue weighted by Gasteiger charge is 2.40. The minimum absolute atomic E-state index is 0.0638. The minimum atomic E-state index is 0.0638. The van der Waals surface area contributed by atoms with Gasteiger partial charge in [0.2, 0.25) is 5.52 Å². The first-order valence-electron chi connectivity index (χ1n) is 10.1. The molecule has 0 N–H and O–H groups in total. The lowest BCUT2D eigenvalue weighted by molar-refractivity contribution is -0.627. The molecule has 0 atom stereocenters. The van der Waals surface area contributed by atoms with Gasteiger partial charge in [0.1, 0.15) is 7.05 Å². The molecule has 0 amide bonds. The second kappa shape index (κ2) is 6.51. The summed E-state index contributed by atoms with van der Waals surface area (Å²) < 4.78 is 2.38. The number of hydrogen-bond acceptors (Lipinski definition) is 1. The van der Waals surface area contributed by atoms with E-state index in [-0.39, 0.29) is 12.3 Å². The van der Waals surface area contributed by atoms with Crippen molar-refractivity contribution in [1.82, 2.24) is 4.81 Å². The van der Waals surface area contributed by atoms with Gasteiger partial charge in [-0.2, -0.15) is 0 Å². The van der Waals surface area contributed by atoms with Crippen LogP contribution in [0, 0.1) is 12.3 Å². The SMILES string of the molecule is CC1=c2ccccc2=C(C(C)(C)C)N(C)B1c1cc(C)c2ccccc2[n+]1C. The van der Waals surface area contributed by atoms with E-state index in [1.807, 2.05) is 0 Å². The molecule has 28 heavy (non-hydrogen) atoms. The third-order valence-electron chi connectivity index (χ3n) is 6.19. The summed E-state index contributed by atoms with van der Waals surface area (Å²) in [6.45, 7) is 11.7. The fourth-order valence-electron chi connectivity index (χ4n) is 5.04. The van der Waals surface area contributed by atoms with E-state index in [2.05, 4.69) is 113 Å². The fourth-order valence-corrected chi connectivity index (χ4v) is 5.04. The number of pyridine rings is 1. The van der Waals surface area contributed by atoms with Gasteiger partial charge in [-0.15, -0.1) is 0 Å². The Kier molecular flexibility index (Phi) is 4.37. The maximum absolute atomic E-state index is 2.50. The van der Waals surface area contributed by atoms with Gasteiger partial charge in [-0.25, -0.2) is 4.57 Å². The van der Waals surface area contributed by atoms with Crippen molar-refractivity contribution < 1.29 is 4.57 Å². The highest BCUT2D eigenvalue weighted by molar-refractivity contribution is 6.85. The Morgan fingerprint density at radius 2 is 1.50 bits per heavy atom. The number of benzene rings is 2. The quantitative estimate of drug-likeness (QED) is 0.473. The van der Waals surface area contributed by atoms with Crippen LogP contribution in [-0.2, 0) is 7.05 Å². The fraction of sp³-hybridized carbons (Fsp3) is 0.320. The topological polar surface area (TPSA) is 7.12 Å². The maximum Gasteiger partial charge on any atom is 0.399 e. The van der Waals surface area contributed by atoms with E-state index in [0.29, 0.717) is 0 Å². The Bertz CT molecular complexity index is 1200. The van der Waals surface area contributed by atoms with Crippen molar-refractivity contribution in [3.8, 4) is 0 Å². The molecule has 0 aliphatic carbocycles. The summed E-state index contributed by atoms with van der Waals surface area (Å²) in [5.74, 6) is 0. The van der Waals surface area contributed by atoms with Gasteiger partial charge in [0.15, 0.2) is 5.59 Å². The van der Waals surface area contributed by atoms with E-state index in [0.717, 1.165) is 0 Å². The average Bonchev–Trinajstić information content (AvgIpc) is 2.65. The van der Waals surface area contributed by atoms with Crippen molar-refractivity contribution in [2.24, 2.45) is 12.5 Å². The Hall–Kier alpha value is -2.55. The van der Waals surface area contributed by atoms with Gasteiger partial charge in [0.25, 0.3) is 0 Å². The lowest BCUT2D eigenvalue weighted by atomic mass is 9.48. The first-order chi connectivity index (χ1) is 13.2. The van der Waals surface area contributed by atoms with Crippen LogP contribution in [0.5, 0.6) is 0 Å². The minimum Gasteiger partial charge on any atom is -0.407 e. The van der Waals surface area contributed by atoms with E-state index < -0.39 is 0 Å². The van der Waals surface area contributed by atoms with Crippen LogP contribution in [0.4, 0.5) is 0 Å². The number of nitrogens with zero attached hydrogens (tertiary/aromatic N) is 2. The molecule has 142 valence electrons. The normalized spacial score (nSPS) is 14.7. The van der Waals surface area contributed by atoms with E-state index >= 15 is 0 Å². The van der Waals surface area contributed by atoms with Crippen molar-refractivity contribution in [1.29, 1.82) is 0 Å². The van der Waals surface area contributed by atoms with Crippen LogP contribution in [0.2, 0.25) is 0 Å². The number of para-hydroxylation sites is 1. The van der Waals surface area contributed by atoms with Crippen LogP contribution in [0.3, 0.4) is 0 Å². The van der Waals surface area contributed by atoms with Gasteiger partial charge >= 0.3 is 6.85 Å². The van der Waals surface area contributed by atoms with Gasteiger partial charge in [-0.05, 0) is 43.0 Å². The summed E-state index contributed by atoms with van der Waals surface area (Å²) >= 11 is 0. The molecule has 1 aliphatic heterocycles. The van der Waals surface area contributed by atoms with Crippen LogP contribution < -0.4 is 20.6 Å². The number of aryl methyl sites for hydroxylation is 2. The molecule has 4 rings (SSSR count). The van der Waals surface area contributed by atoms with Crippen LogP contribution in [-0.4, -0.2) is 18.7 Å². The van der Waals surface area contributed by atoms with Crippen LogP contribution in [0.25, 0.3) is 22.1 Å². The van der Waals surface area contributed by atoms with Gasteiger partial charge in [0.05, 0.1) is 0 Å². The van der Waals surface area contributed by atoms with E-state index in [4.69, 9.17) is 0 Å². The van der Waals surface area contributed by atoms with Crippen molar-refractivity contribution >= 4 is 34.5 Å². The average molecular weight is 369 g/mol. The first-order valence-corrected chi connectivity index (χ1v) is 10.1. The first kappa shape index (κ1) is 18.8. The third kappa shape index (κ3) is 2.76. The molecule has 1 aromatic heterocycles. The summed E-state index contributed by atoms with van der Waals surface area (Å²) in [6.07, 6.45) is 0. The highest BCUT2D eigenvalue weighted by Crippen LogP contribution is 2.30. The zero-order valence-corrected chi connectivity index (χ0v) is 18.2. The van der Waals surface area contributed by atoms with E-state index in [1.54, 1.807) is 0 Å². The van der Waals surface area contributed by atoms with Gasteiger partial charge in [-0.3, -0.25) is 0 Å². The highest BCUT2D eigenvalue weighted by atomic mass is 15.1. The number of fused-ring (bicyclic) bond motifs is 2. The van der Waals surface area contributed by atoms with Crippen LogP contribution >= 0.6 is 0 Å². The molecule has 0 radical (unpaired) electrons. The molecule has 0 saturated heterocycles. The predicted octanol–water partition coefficient (Wildman–Crippen LogP) is 2.68. The second-order valence-corrected chi connectivity index (χ2v) is 9.17. The molecule has 0 fully saturated rings. The molecule has 1 aliphatic rings. The lowest BCUT2D eigenvalue weighted by Crippen LogP contribution is -2.65. The van der Waals surface area contributed by atoms with Gasteiger partial charge in [-0.1, -0.05) is 62.6 Å². The molecule has 0 unspecified atom stereocenters. The molecule has 0 saturated carbocycles. The van der Waals surface area contributed by atoms with Gasteiger partial charge < -0.3 is 4.81 Å². The predicted molar refractivity (Wildman–Crippen MR) is 121 cm³/mol. The summed E-state index contributed by atoms with van der Waals surface area (Å²) in [5.41, 5.74) is 6.85. The standard InChI is InChI=1S/C25H30BN2/c1-17-16-23(27(6)22-15-11-10-12-19(17)22)26-18(2)20-13-8-9-14-21(20)24(28(26)7)25(3,4)5/h8-16H,1-7H3/q+1. The zero-order valence-electron chi connectivity index (χ0n) is 18.2. The Balaban J connectivity index is 2.08. The summed E-state index contributed by atoms with van der Waals surface area (Å²) in [6, 6.07) is 20.0. The van der Waals surface area contributed by atoms with Gasteiger partial charge in [0, 0.05) is 28.6 Å². The molecular weight excluding hydrogens is 339 g/mol. The molecule has 2 aromatic carbocycles. The zero-order chi connectivity index (χ0) is 20.2. The largest absolute Gasteiger partial charge is 0.407 e. The summed E-state index contributed by atoms with van der Waals surface area (Å²) in [7, 11) is 4.46. The van der Waals surface area contributed by atoms with Crippen molar-refractivity contribution in [2.75, 3.05) is 7.05 Å². The van der Waals surface area contributed by atoms with Crippen LogP contribution in [0.15, 0.2) is 54.6 Å². The lowest BCUT2D eigenvalue weighted by Gasteiger charge is -2.38. The Morgan fingerprint density at radius 3 is 2.18 bits per heavy atom. The van der Waals surface area contributed by atoms with Crippen molar-refractivity contribution in [3.63, 3.8) is 0 Å². The molecular formula is C25H30BN2+. The molecule has 3 aromatic rings. The molecule has 0 bridgehead atoms. The van der Waals surface area contributed by atoms with E-state index in [1.165, 1.54) is 43.7 Å². The smallest absolute Gasteiger partial charge is 0.399 e. The van der Waals surface area contributed by atoms with Crippen LogP contribution in [0.1, 0.15) is 33.3 Å². The number of rotatable bonds is 1. The third-order valence-corrected chi connectivity index (χ3v) is 6.19. The number of hydrogen-bond donors (Lipinski definition) is 0. The van der Waals surface area contributed by atoms with Crippen molar-refractivity contribution in [3.05, 3.63) is 70.6 Å².